The lowest BCUT2D eigenvalue weighted by Crippen LogP contribution is -2.29. The molecule has 108 valence electrons. The van der Waals surface area contributed by atoms with Crippen LogP contribution in [0.1, 0.15) is 38.2 Å². The van der Waals surface area contributed by atoms with Gasteiger partial charge in [0.2, 0.25) is 0 Å². The van der Waals surface area contributed by atoms with Crippen LogP contribution in [0.25, 0.3) is 0 Å². The number of anilines is 1. The number of hydrogen-bond donors (Lipinski definition) is 2. The van der Waals surface area contributed by atoms with Crippen LogP contribution in [0, 0.1) is 17.8 Å². The predicted molar refractivity (Wildman–Crippen MR) is 92.1 cm³/mol. The molecule has 0 spiro atoms. The van der Waals surface area contributed by atoms with Crippen LogP contribution in [0.15, 0.2) is 22.7 Å². The zero-order valence-corrected chi connectivity index (χ0v) is 14.1. The molecule has 4 atom stereocenters. The van der Waals surface area contributed by atoms with Crippen molar-refractivity contribution in [1.29, 1.82) is 0 Å². The molecular formula is C16H21BrN2S. The third-order valence-electron chi connectivity index (χ3n) is 5.06. The molecule has 20 heavy (non-hydrogen) atoms. The van der Waals surface area contributed by atoms with Crippen LogP contribution in [-0.4, -0.2) is 11.0 Å². The maximum absolute atomic E-state index is 5.69. The zero-order valence-electron chi connectivity index (χ0n) is 11.7. The number of fused-ring (bicyclic) bond motifs is 2. The third kappa shape index (κ3) is 2.73. The van der Waals surface area contributed by atoms with Crippen molar-refractivity contribution >= 4 is 38.8 Å². The molecule has 2 aliphatic rings. The van der Waals surface area contributed by atoms with E-state index in [4.69, 9.17) is 18.0 Å². The number of hydrogen-bond acceptors (Lipinski definition) is 2. The molecule has 0 aliphatic heterocycles. The van der Waals surface area contributed by atoms with Gasteiger partial charge in [-0.25, -0.2) is 0 Å². The first-order chi connectivity index (χ1) is 9.54. The van der Waals surface area contributed by atoms with Crippen molar-refractivity contribution in [2.24, 2.45) is 23.5 Å². The maximum Gasteiger partial charge on any atom is 0.105 e. The zero-order chi connectivity index (χ0) is 14.3. The summed E-state index contributed by atoms with van der Waals surface area (Å²) in [5.74, 6) is 2.78. The molecule has 2 saturated carbocycles. The first-order valence-corrected chi connectivity index (χ1v) is 8.60. The van der Waals surface area contributed by atoms with Gasteiger partial charge in [-0.05, 0) is 78.1 Å². The van der Waals surface area contributed by atoms with Crippen LogP contribution in [0.4, 0.5) is 5.69 Å². The highest BCUT2D eigenvalue weighted by atomic mass is 79.9. The van der Waals surface area contributed by atoms with Crippen molar-refractivity contribution in [1.82, 2.24) is 0 Å². The molecule has 4 heteroatoms. The minimum Gasteiger partial charge on any atom is -0.389 e. The molecule has 1 aromatic carbocycles. The molecule has 3 rings (SSSR count). The van der Waals surface area contributed by atoms with E-state index < -0.39 is 0 Å². The highest BCUT2D eigenvalue weighted by Gasteiger charge is 2.41. The number of halogens is 1. The fourth-order valence-corrected chi connectivity index (χ4v) is 4.98. The fourth-order valence-electron chi connectivity index (χ4n) is 4.08. The minimum absolute atomic E-state index is 0.435. The first-order valence-electron chi connectivity index (χ1n) is 7.40. The SMILES string of the molecule is CC(Nc1ccc(C(N)=S)c(Br)c1)C1CC2CCC1C2. The Kier molecular flexibility index (Phi) is 4.04. The van der Waals surface area contributed by atoms with E-state index >= 15 is 0 Å². The molecule has 0 heterocycles. The smallest absolute Gasteiger partial charge is 0.105 e. The van der Waals surface area contributed by atoms with Crippen LogP contribution >= 0.6 is 28.1 Å². The van der Waals surface area contributed by atoms with Crippen LogP contribution in [0.3, 0.4) is 0 Å². The van der Waals surface area contributed by atoms with Gasteiger partial charge in [0, 0.05) is 21.8 Å². The van der Waals surface area contributed by atoms with Crippen molar-refractivity contribution in [3.63, 3.8) is 0 Å². The van der Waals surface area contributed by atoms with Crippen molar-refractivity contribution in [2.45, 2.75) is 38.6 Å². The molecule has 0 radical (unpaired) electrons. The van der Waals surface area contributed by atoms with E-state index in [1.807, 2.05) is 6.07 Å². The summed E-state index contributed by atoms with van der Waals surface area (Å²) in [5, 5.41) is 3.66. The van der Waals surface area contributed by atoms with E-state index in [0.29, 0.717) is 11.0 Å². The summed E-state index contributed by atoms with van der Waals surface area (Å²) >= 11 is 8.58. The molecule has 0 amide bonds. The van der Waals surface area contributed by atoms with Gasteiger partial charge in [-0.2, -0.15) is 0 Å². The fraction of sp³-hybridized carbons (Fsp3) is 0.562. The molecule has 2 nitrogen and oxygen atoms in total. The van der Waals surface area contributed by atoms with Crippen LogP contribution in [-0.2, 0) is 0 Å². The molecule has 3 N–H and O–H groups in total. The van der Waals surface area contributed by atoms with E-state index in [-0.39, 0.29) is 0 Å². The van der Waals surface area contributed by atoms with Gasteiger partial charge in [-0.15, -0.1) is 0 Å². The summed E-state index contributed by atoms with van der Waals surface area (Å²) in [7, 11) is 0. The molecular weight excluding hydrogens is 332 g/mol. The standard InChI is InChI=1S/C16H21BrN2S/c1-9(14-7-10-2-3-11(14)6-10)19-12-4-5-13(16(18)20)15(17)8-12/h4-5,8-11,14,19H,2-3,6-7H2,1H3,(H2,18,20). The Bertz CT molecular complexity index is 531. The lowest BCUT2D eigenvalue weighted by atomic mass is 9.84. The van der Waals surface area contributed by atoms with Gasteiger partial charge in [-0.3, -0.25) is 0 Å². The van der Waals surface area contributed by atoms with Crippen molar-refractivity contribution in [3.8, 4) is 0 Å². The highest BCUT2D eigenvalue weighted by molar-refractivity contribution is 9.10. The Hall–Kier alpha value is -0.610. The number of nitrogens with one attached hydrogen (secondary N) is 1. The average molecular weight is 353 g/mol. The lowest BCUT2D eigenvalue weighted by Gasteiger charge is -2.29. The lowest BCUT2D eigenvalue weighted by molar-refractivity contribution is 0.304. The summed E-state index contributed by atoms with van der Waals surface area (Å²) in [4.78, 5) is 0.435. The van der Waals surface area contributed by atoms with Crippen LogP contribution in [0.2, 0.25) is 0 Å². The van der Waals surface area contributed by atoms with Crippen LogP contribution in [0.5, 0.6) is 0 Å². The Morgan fingerprint density at radius 2 is 2.20 bits per heavy atom. The van der Waals surface area contributed by atoms with Gasteiger partial charge < -0.3 is 11.1 Å². The number of nitrogens with two attached hydrogens (primary N) is 1. The summed E-state index contributed by atoms with van der Waals surface area (Å²) in [5.41, 5.74) is 7.73. The Morgan fingerprint density at radius 1 is 1.40 bits per heavy atom. The summed E-state index contributed by atoms with van der Waals surface area (Å²) < 4.78 is 0.968. The largest absolute Gasteiger partial charge is 0.389 e. The van der Waals surface area contributed by atoms with E-state index in [1.165, 1.54) is 25.7 Å². The molecule has 2 fully saturated rings. The van der Waals surface area contributed by atoms with Gasteiger partial charge in [0.05, 0.1) is 0 Å². The second-order valence-corrected chi connectivity index (χ2v) is 7.62. The van der Waals surface area contributed by atoms with Gasteiger partial charge in [0.25, 0.3) is 0 Å². The highest BCUT2D eigenvalue weighted by Crippen LogP contribution is 2.49. The number of thiocarbonyl (C=S) groups is 1. The Morgan fingerprint density at radius 3 is 2.75 bits per heavy atom. The predicted octanol–water partition coefficient (Wildman–Crippen LogP) is 4.32. The van der Waals surface area contributed by atoms with Gasteiger partial charge in [0.1, 0.15) is 4.99 Å². The van der Waals surface area contributed by atoms with Crippen LogP contribution < -0.4 is 11.1 Å². The summed E-state index contributed by atoms with van der Waals surface area (Å²) in [6.07, 6.45) is 5.76. The van der Waals surface area contributed by atoms with E-state index in [0.717, 1.165) is 33.5 Å². The van der Waals surface area contributed by atoms with E-state index in [9.17, 15) is 0 Å². The molecule has 0 saturated heterocycles. The first kappa shape index (κ1) is 14.3. The van der Waals surface area contributed by atoms with Gasteiger partial charge >= 0.3 is 0 Å². The second-order valence-electron chi connectivity index (χ2n) is 6.33. The quantitative estimate of drug-likeness (QED) is 0.792. The maximum atomic E-state index is 5.69. The Balaban J connectivity index is 1.68. The molecule has 2 bridgehead atoms. The molecule has 1 aromatic rings. The van der Waals surface area contributed by atoms with Gasteiger partial charge in [0.15, 0.2) is 0 Å². The van der Waals surface area contributed by atoms with Crippen molar-refractivity contribution in [3.05, 3.63) is 28.2 Å². The van der Waals surface area contributed by atoms with Crippen molar-refractivity contribution < 1.29 is 0 Å². The normalized spacial score (nSPS) is 29.4. The Labute approximate surface area is 134 Å². The summed E-state index contributed by atoms with van der Waals surface area (Å²) in [6.45, 7) is 2.32. The monoisotopic (exact) mass is 352 g/mol. The third-order valence-corrected chi connectivity index (χ3v) is 5.94. The van der Waals surface area contributed by atoms with E-state index in [1.54, 1.807) is 0 Å². The average Bonchev–Trinajstić information content (AvgIpc) is 3.00. The second kappa shape index (κ2) is 5.64. The molecule has 2 aliphatic carbocycles. The van der Waals surface area contributed by atoms with Gasteiger partial charge in [-0.1, -0.05) is 18.6 Å². The van der Waals surface area contributed by atoms with E-state index in [2.05, 4.69) is 40.3 Å². The minimum atomic E-state index is 0.435. The topological polar surface area (TPSA) is 38.0 Å². The summed E-state index contributed by atoms with van der Waals surface area (Å²) in [6, 6.07) is 6.68. The molecule has 0 aromatic heterocycles. The molecule has 4 unspecified atom stereocenters. The van der Waals surface area contributed by atoms with Crippen molar-refractivity contribution in [2.75, 3.05) is 5.32 Å². The number of rotatable bonds is 4. The number of benzene rings is 1.